The van der Waals surface area contributed by atoms with E-state index in [9.17, 15) is 0 Å². The highest BCUT2D eigenvalue weighted by molar-refractivity contribution is 5.09. The average Bonchev–Trinajstić information content (AvgIpc) is 3.12. The van der Waals surface area contributed by atoms with Crippen LogP contribution in [0.25, 0.3) is 0 Å². The second kappa shape index (κ2) is 10.5. The number of hydrogen-bond donors (Lipinski definition) is 0. The Bertz CT molecular complexity index is 548. The summed E-state index contributed by atoms with van der Waals surface area (Å²) < 4.78 is 0. The summed E-state index contributed by atoms with van der Waals surface area (Å²) in [5.41, 5.74) is 1.37. The average molecular weight is 431 g/mol. The first-order valence-corrected chi connectivity index (χ1v) is 14.8. The molecule has 4 fully saturated rings. The van der Waals surface area contributed by atoms with Crippen molar-refractivity contribution in [1.29, 1.82) is 0 Å². The third-order valence-corrected chi connectivity index (χ3v) is 11.8. The zero-order chi connectivity index (χ0) is 22.8. The van der Waals surface area contributed by atoms with E-state index in [1.807, 2.05) is 13.8 Å². The molecule has 0 bridgehead atoms. The van der Waals surface area contributed by atoms with Gasteiger partial charge in [-0.05, 0) is 116 Å². The molecule has 4 rings (SSSR count). The lowest BCUT2D eigenvalue weighted by Crippen LogP contribution is -2.53. The quantitative estimate of drug-likeness (QED) is 0.393. The molecule has 0 aromatic heterocycles. The molecule has 0 heterocycles. The van der Waals surface area contributed by atoms with Crippen LogP contribution < -0.4 is 0 Å². The van der Waals surface area contributed by atoms with E-state index in [2.05, 4.69) is 41.5 Å². The van der Waals surface area contributed by atoms with E-state index in [-0.39, 0.29) is 0 Å². The minimum Gasteiger partial charge on any atom is -0.0683 e. The second-order valence-electron chi connectivity index (χ2n) is 13.1. The third-order valence-electron chi connectivity index (χ3n) is 11.8. The Morgan fingerprint density at radius 3 is 2.13 bits per heavy atom. The molecule has 182 valence electrons. The van der Waals surface area contributed by atoms with Crippen molar-refractivity contribution in [3.8, 4) is 0 Å². The Balaban J connectivity index is 0.00000132. The van der Waals surface area contributed by atoms with Crippen LogP contribution in [-0.2, 0) is 0 Å². The maximum atomic E-state index is 2.76. The normalized spacial score (nSPS) is 43.8. The first-order valence-electron chi connectivity index (χ1n) is 14.8. The van der Waals surface area contributed by atoms with Crippen LogP contribution in [0.1, 0.15) is 139 Å². The zero-order valence-corrected chi connectivity index (χ0v) is 22.8. The van der Waals surface area contributed by atoms with Crippen molar-refractivity contribution in [3.05, 3.63) is 0 Å². The van der Waals surface area contributed by atoms with Crippen molar-refractivity contribution in [2.24, 2.45) is 58.2 Å². The molecule has 0 N–H and O–H groups in total. The highest BCUT2D eigenvalue weighted by atomic mass is 14.6. The fourth-order valence-electron chi connectivity index (χ4n) is 9.96. The van der Waals surface area contributed by atoms with E-state index in [0.29, 0.717) is 10.8 Å². The smallest absolute Gasteiger partial charge is 0.0264 e. The van der Waals surface area contributed by atoms with Gasteiger partial charge in [-0.25, -0.2) is 0 Å². The number of fused-ring (bicyclic) bond motifs is 5. The standard InChI is InChI=1S/C29H52.C2H6/c1-7-22(20(2)3)12-11-21(4)25-15-16-26-24-14-13-23-10-8-9-18-28(23,5)27(24)17-19-29(25,26)6;1-2/h20-27H,7-19H2,1-6H3;1-2H3. The van der Waals surface area contributed by atoms with Gasteiger partial charge in [0.1, 0.15) is 0 Å². The van der Waals surface area contributed by atoms with Crippen molar-refractivity contribution in [2.75, 3.05) is 0 Å². The van der Waals surface area contributed by atoms with Gasteiger partial charge >= 0.3 is 0 Å². The summed E-state index contributed by atoms with van der Waals surface area (Å²) >= 11 is 0. The third kappa shape index (κ3) is 4.67. The van der Waals surface area contributed by atoms with Crippen molar-refractivity contribution in [1.82, 2.24) is 0 Å². The van der Waals surface area contributed by atoms with Crippen LogP contribution in [0, 0.1) is 58.2 Å². The lowest BCUT2D eigenvalue weighted by Gasteiger charge is -2.61. The van der Waals surface area contributed by atoms with Crippen LogP contribution >= 0.6 is 0 Å². The Morgan fingerprint density at radius 2 is 1.45 bits per heavy atom. The van der Waals surface area contributed by atoms with Gasteiger partial charge in [0, 0.05) is 0 Å². The molecule has 4 aliphatic rings. The highest BCUT2D eigenvalue weighted by Gasteiger charge is 2.60. The van der Waals surface area contributed by atoms with Crippen LogP contribution in [0.3, 0.4) is 0 Å². The Hall–Kier alpha value is 0. The second-order valence-corrected chi connectivity index (χ2v) is 13.1. The fraction of sp³-hybridized carbons (Fsp3) is 1.00. The largest absolute Gasteiger partial charge is 0.0683 e. The van der Waals surface area contributed by atoms with Gasteiger partial charge in [-0.2, -0.15) is 0 Å². The molecule has 4 saturated carbocycles. The Labute approximate surface area is 197 Å². The molecule has 0 nitrogen and oxygen atoms in total. The molecule has 0 radical (unpaired) electrons. The SMILES string of the molecule is CC.CCC(CCC(C)C1CCC2C3CCC4CCCCC4(C)C3CCC12C)C(C)C. The van der Waals surface area contributed by atoms with E-state index in [4.69, 9.17) is 0 Å². The predicted octanol–water partition coefficient (Wildman–Crippen LogP) is 10.2. The molecule has 9 unspecified atom stereocenters. The monoisotopic (exact) mass is 430 g/mol. The van der Waals surface area contributed by atoms with Crippen molar-refractivity contribution in [3.63, 3.8) is 0 Å². The summed E-state index contributed by atoms with van der Waals surface area (Å²) in [7, 11) is 0. The molecular formula is C31H58. The van der Waals surface area contributed by atoms with E-state index >= 15 is 0 Å². The zero-order valence-electron chi connectivity index (χ0n) is 22.8. The summed E-state index contributed by atoms with van der Waals surface area (Å²) in [6.07, 6.45) is 19.8. The van der Waals surface area contributed by atoms with Crippen LogP contribution in [0.2, 0.25) is 0 Å². The summed E-state index contributed by atoms with van der Waals surface area (Å²) in [6.45, 7) is 19.4. The highest BCUT2D eigenvalue weighted by Crippen LogP contribution is 2.68. The first-order chi connectivity index (χ1) is 14.8. The minimum atomic E-state index is 0.665. The van der Waals surface area contributed by atoms with Gasteiger partial charge in [0.05, 0.1) is 0 Å². The Kier molecular flexibility index (Phi) is 8.68. The molecule has 0 aliphatic heterocycles. The molecule has 0 amide bonds. The number of hydrogen-bond acceptors (Lipinski definition) is 0. The first kappa shape index (κ1) is 25.6. The van der Waals surface area contributed by atoms with E-state index in [0.717, 1.165) is 47.3 Å². The molecule has 9 atom stereocenters. The van der Waals surface area contributed by atoms with Gasteiger partial charge in [0.25, 0.3) is 0 Å². The van der Waals surface area contributed by atoms with Gasteiger partial charge in [0.15, 0.2) is 0 Å². The van der Waals surface area contributed by atoms with Crippen LogP contribution in [0.4, 0.5) is 0 Å². The van der Waals surface area contributed by atoms with Crippen molar-refractivity contribution in [2.45, 2.75) is 139 Å². The van der Waals surface area contributed by atoms with Crippen LogP contribution in [-0.4, -0.2) is 0 Å². The molecule has 0 aromatic carbocycles. The van der Waals surface area contributed by atoms with Gasteiger partial charge in [-0.1, -0.05) is 81.1 Å². The molecular weight excluding hydrogens is 372 g/mol. The van der Waals surface area contributed by atoms with E-state index in [1.165, 1.54) is 32.1 Å². The van der Waals surface area contributed by atoms with Crippen LogP contribution in [0.5, 0.6) is 0 Å². The topological polar surface area (TPSA) is 0 Å². The predicted molar refractivity (Wildman–Crippen MR) is 138 cm³/mol. The van der Waals surface area contributed by atoms with Crippen molar-refractivity contribution < 1.29 is 0 Å². The summed E-state index contributed by atoms with van der Waals surface area (Å²) in [6, 6.07) is 0. The van der Waals surface area contributed by atoms with E-state index < -0.39 is 0 Å². The van der Waals surface area contributed by atoms with Crippen molar-refractivity contribution >= 4 is 0 Å². The molecule has 0 aromatic rings. The lowest BCUT2D eigenvalue weighted by molar-refractivity contribution is -0.114. The molecule has 4 aliphatic carbocycles. The molecule has 31 heavy (non-hydrogen) atoms. The number of rotatable bonds is 6. The molecule has 0 heteroatoms. The van der Waals surface area contributed by atoms with Gasteiger partial charge in [-0.3, -0.25) is 0 Å². The molecule has 0 spiro atoms. The minimum absolute atomic E-state index is 0.665. The molecule has 0 saturated heterocycles. The van der Waals surface area contributed by atoms with Gasteiger partial charge in [0.2, 0.25) is 0 Å². The van der Waals surface area contributed by atoms with Gasteiger partial charge in [-0.15, -0.1) is 0 Å². The maximum absolute atomic E-state index is 2.76. The summed E-state index contributed by atoms with van der Waals surface area (Å²) in [4.78, 5) is 0. The summed E-state index contributed by atoms with van der Waals surface area (Å²) in [5, 5.41) is 0. The van der Waals surface area contributed by atoms with E-state index in [1.54, 1.807) is 51.4 Å². The lowest BCUT2D eigenvalue weighted by atomic mass is 9.44. The van der Waals surface area contributed by atoms with Gasteiger partial charge < -0.3 is 0 Å². The summed E-state index contributed by atoms with van der Waals surface area (Å²) in [5.74, 6) is 8.02. The Morgan fingerprint density at radius 1 is 0.742 bits per heavy atom. The fourth-order valence-corrected chi connectivity index (χ4v) is 9.96. The van der Waals surface area contributed by atoms with Crippen LogP contribution in [0.15, 0.2) is 0 Å². The maximum Gasteiger partial charge on any atom is -0.0264 e.